The number of carboxylic acid groups (broad SMARTS) is 1. The number of rotatable bonds is 5. The van der Waals surface area contributed by atoms with Crippen LogP contribution < -0.4 is 5.32 Å². The number of aliphatic carboxylic acids is 1. The highest BCUT2D eigenvalue weighted by atomic mass is 79.9. The molecular formula is C14H19BrFNO2. The lowest BCUT2D eigenvalue weighted by molar-refractivity contribution is -0.151. The Hall–Kier alpha value is -0.940. The van der Waals surface area contributed by atoms with Crippen molar-refractivity contribution < 1.29 is 14.3 Å². The maximum atomic E-state index is 13.3. The zero-order valence-corrected chi connectivity index (χ0v) is 13.1. The summed E-state index contributed by atoms with van der Waals surface area (Å²) in [6.07, 6.45) is 0. The van der Waals surface area contributed by atoms with Crippen molar-refractivity contribution in [2.75, 3.05) is 0 Å². The van der Waals surface area contributed by atoms with Crippen LogP contribution in [-0.4, -0.2) is 16.6 Å². The molecule has 0 bridgehead atoms. The molecule has 0 aromatic heterocycles. The number of nitrogens with one attached hydrogen (secondary N) is 1. The van der Waals surface area contributed by atoms with Crippen LogP contribution in [0, 0.1) is 11.2 Å². The predicted molar refractivity (Wildman–Crippen MR) is 76.4 cm³/mol. The summed E-state index contributed by atoms with van der Waals surface area (Å²) in [6.45, 7) is 7.40. The molecule has 3 nitrogen and oxygen atoms in total. The van der Waals surface area contributed by atoms with Gasteiger partial charge in [-0.3, -0.25) is 4.79 Å². The molecule has 0 unspecified atom stereocenters. The molecule has 0 heterocycles. The van der Waals surface area contributed by atoms with Gasteiger partial charge in [-0.15, -0.1) is 0 Å². The molecule has 0 radical (unpaired) electrons. The molecule has 0 aliphatic carbocycles. The van der Waals surface area contributed by atoms with Gasteiger partial charge in [0.15, 0.2) is 0 Å². The smallest absolute Gasteiger partial charge is 0.310 e. The molecule has 1 aromatic carbocycles. The second-order valence-corrected chi connectivity index (χ2v) is 6.60. The van der Waals surface area contributed by atoms with Gasteiger partial charge in [0.25, 0.3) is 0 Å². The Morgan fingerprint density at radius 2 is 1.89 bits per heavy atom. The number of halogens is 2. The number of hydrogen-bond donors (Lipinski definition) is 2. The molecule has 1 aromatic rings. The van der Waals surface area contributed by atoms with Gasteiger partial charge in [0.05, 0.1) is 5.41 Å². The highest BCUT2D eigenvalue weighted by Crippen LogP contribution is 2.31. The van der Waals surface area contributed by atoms with Crippen LogP contribution in [-0.2, 0) is 11.3 Å². The first-order valence-electron chi connectivity index (χ1n) is 5.99. The second kappa shape index (κ2) is 5.59. The van der Waals surface area contributed by atoms with Crippen molar-refractivity contribution in [2.45, 2.75) is 39.8 Å². The van der Waals surface area contributed by atoms with Gasteiger partial charge in [-0.1, -0.05) is 15.9 Å². The third kappa shape index (κ3) is 3.76. The molecule has 106 valence electrons. The Kier molecular flexibility index (Phi) is 4.74. The lowest BCUT2D eigenvalue weighted by Crippen LogP contribution is -2.54. The van der Waals surface area contributed by atoms with E-state index in [1.54, 1.807) is 19.9 Å². The summed E-state index contributed by atoms with van der Waals surface area (Å²) in [6, 6.07) is 4.62. The lowest BCUT2D eigenvalue weighted by Gasteiger charge is -2.39. The molecule has 0 fully saturated rings. The first kappa shape index (κ1) is 16.1. The Bertz CT molecular complexity index is 466. The first-order valence-corrected chi connectivity index (χ1v) is 6.79. The maximum absolute atomic E-state index is 13.3. The van der Waals surface area contributed by atoms with Crippen LogP contribution in [0.15, 0.2) is 22.7 Å². The standard InChI is InChI=1S/C14H19BrFNO2/c1-13(2,12(18)19)14(3,4)17-8-9-5-10(15)7-11(16)6-9/h5-7,17H,8H2,1-4H3,(H,18,19). The van der Waals surface area contributed by atoms with E-state index in [-0.39, 0.29) is 5.82 Å². The minimum Gasteiger partial charge on any atom is -0.481 e. The fourth-order valence-corrected chi connectivity index (χ4v) is 2.04. The zero-order valence-electron chi connectivity index (χ0n) is 11.6. The Morgan fingerprint density at radius 1 is 1.32 bits per heavy atom. The largest absolute Gasteiger partial charge is 0.481 e. The summed E-state index contributed by atoms with van der Waals surface area (Å²) < 4.78 is 13.9. The van der Waals surface area contributed by atoms with Gasteiger partial charge in [0.2, 0.25) is 0 Å². The molecular weight excluding hydrogens is 313 g/mol. The summed E-state index contributed by atoms with van der Waals surface area (Å²) in [7, 11) is 0. The molecule has 0 aliphatic heterocycles. The van der Waals surface area contributed by atoms with Crippen LogP contribution in [0.5, 0.6) is 0 Å². The van der Waals surface area contributed by atoms with Gasteiger partial charge in [0.1, 0.15) is 5.82 Å². The van der Waals surface area contributed by atoms with E-state index < -0.39 is 16.9 Å². The minimum atomic E-state index is -0.933. The van der Waals surface area contributed by atoms with Gasteiger partial charge in [-0.2, -0.15) is 0 Å². The fourth-order valence-electron chi connectivity index (χ4n) is 1.52. The average Bonchev–Trinajstić information content (AvgIpc) is 2.24. The van der Waals surface area contributed by atoms with Crippen LogP contribution in [0.25, 0.3) is 0 Å². The normalized spacial score (nSPS) is 12.5. The highest BCUT2D eigenvalue weighted by Gasteiger charge is 2.42. The fraction of sp³-hybridized carbons (Fsp3) is 0.500. The van der Waals surface area contributed by atoms with Crippen molar-refractivity contribution in [3.8, 4) is 0 Å². The Labute approximate surface area is 121 Å². The van der Waals surface area contributed by atoms with E-state index in [0.29, 0.717) is 11.0 Å². The van der Waals surface area contributed by atoms with Gasteiger partial charge in [-0.25, -0.2) is 4.39 Å². The van der Waals surface area contributed by atoms with Gasteiger partial charge < -0.3 is 10.4 Å². The summed E-state index contributed by atoms with van der Waals surface area (Å²) in [4.78, 5) is 11.3. The predicted octanol–water partition coefficient (Wildman–Crippen LogP) is 3.57. The number of hydrogen-bond acceptors (Lipinski definition) is 2. The second-order valence-electron chi connectivity index (χ2n) is 5.69. The quantitative estimate of drug-likeness (QED) is 0.867. The summed E-state index contributed by atoms with van der Waals surface area (Å²) in [5.74, 6) is -1.19. The first-order chi connectivity index (χ1) is 8.56. The van der Waals surface area contributed by atoms with Crippen molar-refractivity contribution in [1.29, 1.82) is 0 Å². The molecule has 0 spiro atoms. The number of carboxylic acids is 1. The van der Waals surface area contributed by atoms with Crippen LogP contribution in [0.2, 0.25) is 0 Å². The van der Waals surface area contributed by atoms with Gasteiger partial charge in [0, 0.05) is 16.6 Å². The van der Waals surface area contributed by atoms with Crippen LogP contribution in [0.4, 0.5) is 4.39 Å². The van der Waals surface area contributed by atoms with E-state index in [1.165, 1.54) is 12.1 Å². The summed E-state index contributed by atoms with van der Waals surface area (Å²) >= 11 is 3.23. The number of carbonyl (C=O) groups is 1. The van der Waals surface area contributed by atoms with Crippen molar-refractivity contribution in [1.82, 2.24) is 5.32 Å². The van der Waals surface area contributed by atoms with E-state index in [4.69, 9.17) is 0 Å². The zero-order chi connectivity index (χ0) is 14.8. The molecule has 0 aliphatic rings. The third-order valence-corrected chi connectivity index (χ3v) is 4.21. The van der Waals surface area contributed by atoms with E-state index in [2.05, 4.69) is 21.2 Å². The van der Waals surface area contributed by atoms with Crippen molar-refractivity contribution >= 4 is 21.9 Å². The molecule has 19 heavy (non-hydrogen) atoms. The molecule has 0 saturated carbocycles. The molecule has 0 atom stereocenters. The van der Waals surface area contributed by atoms with Crippen LogP contribution in [0.1, 0.15) is 33.3 Å². The van der Waals surface area contributed by atoms with Crippen LogP contribution in [0.3, 0.4) is 0 Å². The van der Waals surface area contributed by atoms with Gasteiger partial charge >= 0.3 is 5.97 Å². The topological polar surface area (TPSA) is 49.3 Å². The van der Waals surface area contributed by atoms with Gasteiger partial charge in [-0.05, 0) is 51.5 Å². The molecule has 1 rings (SSSR count). The van der Waals surface area contributed by atoms with E-state index in [1.807, 2.05) is 13.8 Å². The molecule has 5 heteroatoms. The third-order valence-electron chi connectivity index (χ3n) is 3.75. The Morgan fingerprint density at radius 3 is 2.37 bits per heavy atom. The maximum Gasteiger partial charge on any atom is 0.310 e. The van der Waals surface area contributed by atoms with E-state index >= 15 is 0 Å². The van der Waals surface area contributed by atoms with Crippen molar-refractivity contribution in [3.05, 3.63) is 34.1 Å². The average molecular weight is 332 g/mol. The SMILES string of the molecule is CC(C)(NCc1cc(F)cc(Br)c1)C(C)(C)C(=O)O. The monoisotopic (exact) mass is 331 g/mol. The minimum absolute atomic E-state index is 0.318. The molecule has 0 amide bonds. The molecule has 0 saturated heterocycles. The van der Waals surface area contributed by atoms with Crippen molar-refractivity contribution in [2.24, 2.45) is 5.41 Å². The van der Waals surface area contributed by atoms with E-state index in [0.717, 1.165) is 5.56 Å². The summed E-state index contributed by atoms with van der Waals surface area (Å²) in [5.41, 5.74) is -0.795. The lowest BCUT2D eigenvalue weighted by atomic mass is 9.74. The molecule has 2 N–H and O–H groups in total. The van der Waals surface area contributed by atoms with Crippen molar-refractivity contribution in [3.63, 3.8) is 0 Å². The number of benzene rings is 1. The van der Waals surface area contributed by atoms with Crippen LogP contribution >= 0.6 is 15.9 Å². The Balaban J connectivity index is 2.83. The highest BCUT2D eigenvalue weighted by molar-refractivity contribution is 9.10. The summed E-state index contributed by atoms with van der Waals surface area (Å²) in [5, 5.41) is 12.4. The van der Waals surface area contributed by atoms with E-state index in [9.17, 15) is 14.3 Å².